The molecule has 98 valence electrons. The maximum atomic E-state index is 12.0. The van der Waals surface area contributed by atoms with Crippen LogP contribution >= 0.6 is 11.8 Å². The third-order valence-corrected chi connectivity index (χ3v) is 3.39. The Labute approximate surface area is 116 Å². The molecule has 19 heavy (non-hydrogen) atoms. The number of hydroxylamine groups is 1. The first-order valence-corrected chi connectivity index (χ1v) is 7.13. The molecular weight excluding hydrogens is 258 g/mol. The molecule has 0 aliphatic heterocycles. The van der Waals surface area contributed by atoms with Crippen molar-refractivity contribution in [1.29, 1.82) is 0 Å². The molecule has 0 aliphatic carbocycles. The van der Waals surface area contributed by atoms with Crippen molar-refractivity contribution < 1.29 is 9.63 Å². The van der Waals surface area contributed by atoms with Crippen molar-refractivity contribution in [1.82, 2.24) is 5.48 Å². The molecular formula is C15H15NO2S. The molecule has 0 spiro atoms. The molecule has 2 rings (SSSR count). The lowest BCUT2D eigenvalue weighted by molar-refractivity contribution is 0.0231. The van der Waals surface area contributed by atoms with Crippen LogP contribution in [0.25, 0.3) is 0 Å². The van der Waals surface area contributed by atoms with E-state index in [1.165, 1.54) is 11.8 Å². The summed E-state index contributed by atoms with van der Waals surface area (Å²) in [5.74, 6) is -0.221. The fourth-order valence-corrected chi connectivity index (χ4v) is 2.24. The van der Waals surface area contributed by atoms with Gasteiger partial charge in [-0.2, -0.15) is 0 Å². The number of nitrogens with one attached hydrogen (secondary N) is 1. The number of hydrogen-bond acceptors (Lipinski definition) is 3. The maximum Gasteiger partial charge on any atom is 0.275 e. The van der Waals surface area contributed by atoms with E-state index in [2.05, 4.69) is 5.48 Å². The molecule has 0 saturated heterocycles. The first kappa shape index (κ1) is 13.6. The van der Waals surface area contributed by atoms with Gasteiger partial charge in [-0.05, 0) is 24.0 Å². The van der Waals surface area contributed by atoms with Crippen LogP contribution in [0.1, 0.15) is 15.9 Å². The average molecular weight is 273 g/mol. The second-order valence-corrected chi connectivity index (χ2v) is 4.75. The van der Waals surface area contributed by atoms with Crippen molar-refractivity contribution in [2.45, 2.75) is 11.5 Å². The van der Waals surface area contributed by atoms with E-state index in [1.807, 2.05) is 54.8 Å². The fraction of sp³-hybridized carbons (Fsp3) is 0.133. The Bertz CT molecular complexity index is 543. The van der Waals surface area contributed by atoms with Crippen LogP contribution in [0, 0.1) is 0 Å². The highest BCUT2D eigenvalue weighted by molar-refractivity contribution is 7.98. The Morgan fingerprint density at radius 3 is 2.53 bits per heavy atom. The van der Waals surface area contributed by atoms with Gasteiger partial charge in [0.1, 0.15) is 0 Å². The molecule has 2 aromatic rings. The lowest BCUT2D eigenvalue weighted by Crippen LogP contribution is -2.24. The van der Waals surface area contributed by atoms with Crippen LogP contribution in [-0.2, 0) is 11.4 Å². The van der Waals surface area contributed by atoms with Crippen LogP contribution in [0.3, 0.4) is 0 Å². The highest BCUT2D eigenvalue weighted by Gasteiger charge is 2.09. The standard InChI is InChI=1S/C15H15NO2S/c1-19-14-10-6-5-9-13(14)15(17)16-18-11-12-7-3-2-4-8-12/h2-10H,11H2,1H3,(H,16,17). The van der Waals surface area contributed by atoms with E-state index in [0.29, 0.717) is 12.2 Å². The Morgan fingerprint density at radius 2 is 1.79 bits per heavy atom. The van der Waals surface area contributed by atoms with Gasteiger partial charge in [-0.25, -0.2) is 5.48 Å². The van der Waals surface area contributed by atoms with E-state index in [0.717, 1.165) is 10.5 Å². The summed E-state index contributed by atoms with van der Waals surface area (Å²) in [7, 11) is 0. The van der Waals surface area contributed by atoms with E-state index >= 15 is 0 Å². The van der Waals surface area contributed by atoms with Gasteiger partial charge >= 0.3 is 0 Å². The number of hydrogen-bond donors (Lipinski definition) is 1. The fourth-order valence-electron chi connectivity index (χ4n) is 1.65. The first-order chi connectivity index (χ1) is 9.31. The van der Waals surface area contributed by atoms with E-state index < -0.39 is 0 Å². The van der Waals surface area contributed by atoms with Crippen LogP contribution in [0.4, 0.5) is 0 Å². The molecule has 0 aromatic heterocycles. The summed E-state index contributed by atoms with van der Waals surface area (Å²) in [5, 5.41) is 0. The Kier molecular flexibility index (Phi) is 5.01. The van der Waals surface area contributed by atoms with Gasteiger partial charge in [0.2, 0.25) is 0 Å². The van der Waals surface area contributed by atoms with Gasteiger partial charge in [0, 0.05) is 4.90 Å². The Morgan fingerprint density at radius 1 is 1.11 bits per heavy atom. The predicted octanol–water partition coefficient (Wildman–Crippen LogP) is 3.27. The molecule has 0 unspecified atom stereocenters. The quantitative estimate of drug-likeness (QED) is 0.671. The molecule has 2 aromatic carbocycles. The molecule has 0 atom stereocenters. The van der Waals surface area contributed by atoms with Gasteiger partial charge in [-0.1, -0.05) is 42.5 Å². The summed E-state index contributed by atoms with van der Waals surface area (Å²) in [4.78, 5) is 18.1. The molecule has 3 nitrogen and oxygen atoms in total. The van der Waals surface area contributed by atoms with Gasteiger partial charge in [0.25, 0.3) is 5.91 Å². The first-order valence-electron chi connectivity index (χ1n) is 5.90. The number of amides is 1. The second kappa shape index (κ2) is 6.97. The summed E-state index contributed by atoms with van der Waals surface area (Å²) >= 11 is 1.54. The molecule has 4 heteroatoms. The maximum absolute atomic E-state index is 12.0. The monoisotopic (exact) mass is 273 g/mol. The SMILES string of the molecule is CSc1ccccc1C(=O)NOCc1ccccc1. The molecule has 0 radical (unpaired) electrons. The summed E-state index contributed by atoms with van der Waals surface area (Å²) in [6.07, 6.45) is 1.94. The minimum Gasteiger partial charge on any atom is -0.269 e. The topological polar surface area (TPSA) is 38.3 Å². The summed E-state index contributed by atoms with van der Waals surface area (Å²) in [6, 6.07) is 17.1. The zero-order valence-electron chi connectivity index (χ0n) is 10.6. The highest BCUT2D eigenvalue weighted by atomic mass is 32.2. The van der Waals surface area contributed by atoms with Gasteiger partial charge < -0.3 is 0 Å². The van der Waals surface area contributed by atoms with Crippen LogP contribution in [0.15, 0.2) is 59.5 Å². The number of carbonyl (C=O) groups is 1. The molecule has 1 amide bonds. The number of thioether (sulfide) groups is 1. The summed E-state index contributed by atoms with van der Waals surface area (Å²) in [5.41, 5.74) is 4.11. The highest BCUT2D eigenvalue weighted by Crippen LogP contribution is 2.19. The van der Waals surface area contributed by atoms with Gasteiger partial charge in [0.05, 0.1) is 12.2 Å². The van der Waals surface area contributed by atoms with Gasteiger partial charge in [-0.3, -0.25) is 9.63 Å². The molecule has 1 N–H and O–H groups in total. The van der Waals surface area contributed by atoms with Crippen molar-refractivity contribution in [3.8, 4) is 0 Å². The minimum absolute atomic E-state index is 0.221. The average Bonchev–Trinajstić information content (AvgIpc) is 2.48. The third-order valence-electron chi connectivity index (χ3n) is 2.60. The largest absolute Gasteiger partial charge is 0.275 e. The normalized spacial score (nSPS) is 10.2. The zero-order valence-corrected chi connectivity index (χ0v) is 11.4. The van der Waals surface area contributed by atoms with E-state index in [4.69, 9.17) is 4.84 Å². The molecule has 0 bridgehead atoms. The second-order valence-electron chi connectivity index (χ2n) is 3.91. The van der Waals surface area contributed by atoms with Crippen molar-refractivity contribution in [3.63, 3.8) is 0 Å². The van der Waals surface area contributed by atoms with Crippen molar-refractivity contribution in [2.24, 2.45) is 0 Å². The predicted molar refractivity (Wildman–Crippen MR) is 76.9 cm³/mol. The van der Waals surface area contributed by atoms with E-state index in [-0.39, 0.29) is 5.91 Å². The van der Waals surface area contributed by atoms with Crippen molar-refractivity contribution in [2.75, 3.05) is 6.26 Å². The van der Waals surface area contributed by atoms with Crippen molar-refractivity contribution in [3.05, 3.63) is 65.7 Å². The summed E-state index contributed by atoms with van der Waals surface area (Å²) in [6.45, 7) is 0.355. The third kappa shape index (κ3) is 3.84. The number of rotatable bonds is 5. The molecule has 0 aliphatic rings. The summed E-state index contributed by atoms with van der Waals surface area (Å²) < 4.78 is 0. The Hall–Kier alpha value is -1.78. The lowest BCUT2D eigenvalue weighted by atomic mass is 10.2. The van der Waals surface area contributed by atoms with Crippen LogP contribution in [0.5, 0.6) is 0 Å². The molecule has 0 saturated carbocycles. The van der Waals surface area contributed by atoms with Crippen LogP contribution in [0.2, 0.25) is 0 Å². The zero-order chi connectivity index (χ0) is 13.5. The minimum atomic E-state index is -0.221. The molecule has 0 heterocycles. The number of carbonyl (C=O) groups excluding carboxylic acids is 1. The van der Waals surface area contributed by atoms with E-state index in [9.17, 15) is 4.79 Å². The molecule has 0 fully saturated rings. The van der Waals surface area contributed by atoms with Crippen LogP contribution in [-0.4, -0.2) is 12.2 Å². The lowest BCUT2D eigenvalue weighted by Gasteiger charge is -2.08. The van der Waals surface area contributed by atoms with Gasteiger partial charge in [-0.15, -0.1) is 11.8 Å². The Balaban J connectivity index is 1.91. The van der Waals surface area contributed by atoms with Crippen LogP contribution < -0.4 is 5.48 Å². The smallest absolute Gasteiger partial charge is 0.269 e. The van der Waals surface area contributed by atoms with E-state index in [1.54, 1.807) is 6.07 Å². The van der Waals surface area contributed by atoms with Gasteiger partial charge in [0.15, 0.2) is 0 Å². The number of benzene rings is 2. The van der Waals surface area contributed by atoms with Crippen molar-refractivity contribution >= 4 is 17.7 Å².